The highest BCUT2D eigenvalue weighted by Gasteiger charge is 2.03. The average molecular weight is 201 g/mol. The maximum absolute atomic E-state index is 4.20. The second-order valence-electron chi connectivity index (χ2n) is 3.16. The van der Waals surface area contributed by atoms with Crippen molar-refractivity contribution in [1.29, 1.82) is 0 Å². The van der Waals surface area contributed by atoms with Crippen molar-refractivity contribution in [3.63, 3.8) is 0 Å². The van der Waals surface area contributed by atoms with Crippen molar-refractivity contribution in [2.24, 2.45) is 0 Å². The molecule has 15 heavy (non-hydrogen) atoms. The monoisotopic (exact) mass is 201 g/mol. The topological polar surface area (TPSA) is 64.5 Å². The molecule has 0 unspecified atom stereocenters. The van der Waals surface area contributed by atoms with Crippen LogP contribution in [0.1, 0.15) is 18.4 Å². The van der Waals surface area contributed by atoms with Gasteiger partial charge in [-0.05, 0) is 25.5 Å². The first-order chi connectivity index (χ1) is 7.29. The molecule has 0 saturated carbocycles. The lowest BCUT2D eigenvalue weighted by Gasteiger charge is -2.00. The average Bonchev–Trinajstić information content (AvgIpc) is 2.30. The Morgan fingerprint density at radius 1 is 1.13 bits per heavy atom. The van der Waals surface area contributed by atoms with Crippen LogP contribution in [0, 0.1) is 6.92 Å². The molecule has 0 aliphatic heterocycles. The van der Waals surface area contributed by atoms with E-state index in [1.807, 2.05) is 12.1 Å². The van der Waals surface area contributed by atoms with Crippen LogP contribution in [0.25, 0.3) is 11.4 Å². The van der Waals surface area contributed by atoms with Gasteiger partial charge in [-0.3, -0.25) is 4.98 Å². The van der Waals surface area contributed by atoms with Gasteiger partial charge in [-0.2, -0.15) is 0 Å². The first kappa shape index (κ1) is 9.64. The van der Waals surface area contributed by atoms with Gasteiger partial charge in [-0.1, -0.05) is 6.92 Å². The molecule has 5 heteroatoms. The van der Waals surface area contributed by atoms with Gasteiger partial charge in [0.15, 0.2) is 5.82 Å². The number of pyridine rings is 1. The number of aryl methyl sites for hydroxylation is 2. The molecule has 5 nitrogen and oxygen atoms in total. The molecule has 76 valence electrons. The van der Waals surface area contributed by atoms with Crippen LogP contribution >= 0.6 is 0 Å². The quantitative estimate of drug-likeness (QED) is 0.730. The van der Waals surface area contributed by atoms with Gasteiger partial charge < -0.3 is 0 Å². The molecule has 2 aromatic heterocycles. The third kappa shape index (κ3) is 2.12. The minimum atomic E-state index is 0.540. The van der Waals surface area contributed by atoms with E-state index in [2.05, 4.69) is 32.3 Å². The molecular weight excluding hydrogens is 190 g/mol. The zero-order valence-corrected chi connectivity index (χ0v) is 8.68. The Balaban J connectivity index is 2.40. The Hall–Kier alpha value is -1.91. The van der Waals surface area contributed by atoms with Crippen molar-refractivity contribution in [3.8, 4) is 11.4 Å². The smallest absolute Gasteiger partial charge is 0.203 e. The summed E-state index contributed by atoms with van der Waals surface area (Å²) in [4.78, 5) is 4.20. The number of nitrogens with zero attached hydrogens (tertiary/aromatic N) is 5. The van der Waals surface area contributed by atoms with E-state index in [1.54, 1.807) is 13.1 Å². The van der Waals surface area contributed by atoms with E-state index in [9.17, 15) is 0 Å². The van der Waals surface area contributed by atoms with Crippen molar-refractivity contribution >= 4 is 0 Å². The molecule has 0 aliphatic carbocycles. The second-order valence-corrected chi connectivity index (χ2v) is 3.16. The molecule has 0 radical (unpaired) electrons. The summed E-state index contributed by atoms with van der Waals surface area (Å²) in [6.45, 7) is 3.81. The van der Waals surface area contributed by atoms with Crippen LogP contribution in [0.3, 0.4) is 0 Å². The van der Waals surface area contributed by atoms with Crippen LogP contribution in [-0.4, -0.2) is 25.4 Å². The Kier molecular flexibility index (Phi) is 2.62. The number of aromatic nitrogens is 5. The van der Waals surface area contributed by atoms with Crippen LogP contribution < -0.4 is 0 Å². The highest BCUT2D eigenvalue weighted by molar-refractivity contribution is 5.53. The maximum atomic E-state index is 4.20. The number of hydrogen-bond acceptors (Lipinski definition) is 5. The van der Waals surface area contributed by atoms with Crippen LogP contribution in [0.4, 0.5) is 0 Å². The molecule has 0 bridgehead atoms. The summed E-state index contributed by atoms with van der Waals surface area (Å²) in [5, 5.41) is 15.7. The Bertz CT molecular complexity index is 452. The van der Waals surface area contributed by atoms with E-state index >= 15 is 0 Å². The summed E-state index contributed by atoms with van der Waals surface area (Å²) in [6, 6.07) is 3.81. The van der Waals surface area contributed by atoms with Crippen LogP contribution in [0.5, 0.6) is 0 Å². The highest BCUT2D eigenvalue weighted by atomic mass is 15.3. The van der Waals surface area contributed by atoms with Crippen LogP contribution in [0.15, 0.2) is 18.3 Å². The van der Waals surface area contributed by atoms with Crippen molar-refractivity contribution in [2.75, 3.05) is 0 Å². The molecule has 0 aliphatic rings. The third-order valence-corrected chi connectivity index (χ3v) is 2.02. The predicted molar refractivity (Wildman–Crippen MR) is 55.0 cm³/mol. The molecule has 2 aromatic rings. The molecule has 0 fully saturated rings. The van der Waals surface area contributed by atoms with E-state index in [0.717, 1.165) is 17.7 Å². The van der Waals surface area contributed by atoms with E-state index in [-0.39, 0.29) is 0 Å². The summed E-state index contributed by atoms with van der Waals surface area (Å²) in [5.74, 6) is 1.11. The van der Waals surface area contributed by atoms with Gasteiger partial charge >= 0.3 is 0 Å². The predicted octanol–water partition coefficient (Wildman–Crippen LogP) is 1.20. The second kappa shape index (κ2) is 4.08. The lowest BCUT2D eigenvalue weighted by molar-refractivity contribution is 0.815. The maximum Gasteiger partial charge on any atom is 0.203 e. The van der Waals surface area contributed by atoms with E-state index < -0.39 is 0 Å². The molecule has 0 N–H and O–H groups in total. The molecule has 0 atom stereocenters. The number of rotatable bonds is 2. The van der Waals surface area contributed by atoms with Crippen molar-refractivity contribution in [3.05, 3.63) is 29.8 Å². The Morgan fingerprint density at radius 3 is 2.53 bits per heavy atom. The first-order valence-corrected chi connectivity index (χ1v) is 4.79. The zero-order valence-electron chi connectivity index (χ0n) is 8.68. The summed E-state index contributed by atoms with van der Waals surface area (Å²) < 4.78 is 0. The minimum absolute atomic E-state index is 0.540. The molecular formula is C10H11N5. The van der Waals surface area contributed by atoms with Gasteiger partial charge in [0.25, 0.3) is 0 Å². The molecule has 0 spiro atoms. The highest BCUT2D eigenvalue weighted by Crippen LogP contribution is 2.13. The van der Waals surface area contributed by atoms with Crippen molar-refractivity contribution < 1.29 is 0 Å². The fraction of sp³-hybridized carbons (Fsp3) is 0.300. The van der Waals surface area contributed by atoms with Gasteiger partial charge in [0.2, 0.25) is 5.82 Å². The molecule has 2 rings (SSSR count). The SMILES string of the molecule is CCc1cc(-c2nnc(C)nn2)ccn1. The van der Waals surface area contributed by atoms with Crippen LogP contribution in [0.2, 0.25) is 0 Å². The van der Waals surface area contributed by atoms with Gasteiger partial charge in [0.05, 0.1) is 0 Å². The fourth-order valence-electron chi connectivity index (χ4n) is 1.21. The Morgan fingerprint density at radius 2 is 1.87 bits per heavy atom. The fourth-order valence-corrected chi connectivity index (χ4v) is 1.21. The standard InChI is InChI=1S/C10H11N5/c1-3-9-6-8(4-5-11-9)10-14-12-7(2)13-15-10/h4-6H,3H2,1-2H3. The molecule has 0 aromatic carbocycles. The normalized spacial score (nSPS) is 10.3. The van der Waals surface area contributed by atoms with E-state index in [0.29, 0.717) is 11.6 Å². The molecule has 0 saturated heterocycles. The van der Waals surface area contributed by atoms with Gasteiger partial charge in [-0.25, -0.2) is 0 Å². The largest absolute Gasteiger partial charge is 0.261 e. The van der Waals surface area contributed by atoms with E-state index in [4.69, 9.17) is 0 Å². The molecule has 0 amide bonds. The summed E-state index contributed by atoms with van der Waals surface area (Å²) in [6.07, 6.45) is 2.64. The van der Waals surface area contributed by atoms with Gasteiger partial charge in [0, 0.05) is 17.5 Å². The van der Waals surface area contributed by atoms with Gasteiger partial charge in [0.1, 0.15) is 0 Å². The number of hydrogen-bond donors (Lipinski definition) is 0. The third-order valence-electron chi connectivity index (χ3n) is 2.02. The van der Waals surface area contributed by atoms with Gasteiger partial charge in [-0.15, -0.1) is 20.4 Å². The summed E-state index contributed by atoms with van der Waals surface area (Å²) in [5.41, 5.74) is 1.92. The van der Waals surface area contributed by atoms with Crippen molar-refractivity contribution in [2.45, 2.75) is 20.3 Å². The molecule has 2 heterocycles. The van der Waals surface area contributed by atoms with E-state index in [1.165, 1.54) is 0 Å². The lowest BCUT2D eigenvalue weighted by Crippen LogP contribution is -1.99. The lowest BCUT2D eigenvalue weighted by atomic mass is 10.2. The zero-order chi connectivity index (χ0) is 10.7. The summed E-state index contributed by atoms with van der Waals surface area (Å²) >= 11 is 0. The first-order valence-electron chi connectivity index (χ1n) is 4.79. The Labute approximate surface area is 87.6 Å². The van der Waals surface area contributed by atoms with Crippen molar-refractivity contribution in [1.82, 2.24) is 25.4 Å². The minimum Gasteiger partial charge on any atom is -0.261 e. The summed E-state index contributed by atoms with van der Waals surface area (Å²) in [7, 11) is 0. The van der Waals surface area contributed by atoms with Crippen LogP contribution in [-0.2, 0) is 6.42 Å².